The smallest absolute Gasteiger partial charge is 0.340 e. The van der Waals surface area contributed by atoms with Gasteiger partial charge in [0.1, 0.15) is 10.6 Å². The molecular formula is C11H18N2O2S. The van der Waals surface area contributed by atoms with E-state index in [0.29, 0.717) is 22.3 Å². The van der Waals surface area contributed by atoms with Crippen molar-refractivity contribution in [2.24, 2.45) is 0 Å². The molecule has 1 heterocycles. The number of hydrogen-bond acceptors (Lipinski definition) is 4. The number of nitrogens with zero attached hydrogens (tertiary/aromatic N) is 1. The van der Waals surface area contributed by atoms with Gasteiger partial charge in [-0.05, 0) is 31.3 Å². The monoisotopic (exact) mass is 242 g/mol. The van der Waals surface area contributed by atoms with Crippen molar-refractivity contribution in [3.05, 3.63) is 11.3 Å². The van der Waals surface area contributed by atoms with Crippen LogP contribution < -0.4 is 5.32 Å². The number of rotatable bonds is 6. The van der Waals surface area contributed by atoms with Gasteiger partial charge >= 0.3 is 5.97 Å². The fourth-order valence-corrected chi connectivity index (χ4v) is 2.50. The minimum atomic E-state index is -0.903. The number of nitrogens with one attached hydrogen (secondary N) is 1. The Labute approximate surface area is 99.9 Å². The van der Waals surface area contributed by atoms with Gasteiger partial charge in [-0.1, -0.05) is 20.3 Å². The van der Waals surface area contributed by atoms with Crippen molar-refractivity contribution in [1.29, 1.82) is 0 Å². The first-order valence-corrected chi connectivity index (χ1v) is 6.33. The van der Waals surface area contributed by atoms with Crippen LogP contribution in [0.15, 0.2) is 0 Å². The lowest BCUT2D eigenvalue weighted by atomic mass is 10.1. The van der Waals surface area contributed by atoms with Crippen LogP contribution in [-0.4, -0.2) is 21.5 Å². The van der Waals surface area contributed by atoms with Gasteiger partial charge in [0.05, 0.1) is 5.69 Å². The Bertz CT molecular complexity index is 363. The van der Waals surface area contributed by atoms with Crippen molar-refractivity contribution in [1.82, 2.24) is 4.37 Å². The Morgan fingerprint density at radius 3 is 2.75 bits per heavy atom. The van der Waals surface area contributed by atoms with E-state index >= 15 is 0 Å². The molecule has 5 heteroatoms. The van der Waals surface area contributed by atoms with Crippen molar-refractivity contribution in [3.63, 3.8) is 0 Å². The van der Waals surface area contributed by atoms with Crippen molar-refractivity contribution in [2.45, 2.75) is 46.1 Å². The van der Waals surface area contributed by atoms with E-state index in [1.807, 2.05) is 0 Å². The number of anilines is 1. The van der Waals surface area contributed by atoms with Gasteiger partial charge in [-0.2, -0.15) is 4.37 Å². The van der Waals surface area contributed by atoms with Crippen LogP contribution >= 0.6 is 11.5 Å². The lowest BCUT2D eigenvalue weighted by Gasteiger charge is -2.16. The quantitative estimate of drug-likeness (QED) is 0.804. The molecule has 0 aromatic carbocycles. The highest BCUT2D eigenvalue weighted by Gasteiger charge is 2.19. The van der Waals surface area contributed by atoms with E-state index in [1.54, 1.807) is 6.92 Å². The Balaban J connectivity index is 2.83. The summed E-state index contributed by atoms with van der Waals surface area (Å²) in [5.41, 5.74) is 0.908. The van der Waals surface area contributed by atoms with Gasteiger partial charge < -0.3 is 10.4 Å². The summed E-state index contributed by atoms with van der Waals surface area (Å²) in [5.74, 6) is -0.903. The van der Waals surface area contributed by atoms with E-state index in [1.165, 1.54) is 11.5 Å². The third-order valence-corrected chi connectivity index (χ3v) is 3.41. The van der Waals surface area contributed by atoms with E-state index in [-0.39, 0.29) is 0 Å². The molecule has 0 aliphatic heterocycles. The number of aromatic carboxylic acids is 1. The molecule has 16 heavy (non-hydrogen) atoms. The molecule has 0 spiro atoms. The number of carboxylic acid groups (broad SMARTS) is 1. The second kappa shape index (κ2) is 5.84. The molecule has 1 atom stereocenters. The average Bonchev–Trinajstić information content (AvgIpc) is 2.59. The van der Waals surface area contributed by atoms with Gasteiger partial charge in [0.25, 0.3) is 0 Å². The highest BCUT2D eigenvalue weighted by molar-refractivity contribution is 7.10. The predicted molar refractivity (Wildman–Crippen MR) is 66.4 cm³/mol. The number of carbonyl (C=O) groups is 1. The maximum atomic E-state index is 11.1. The SMILES string of the molecule is CCCC(CC)Nc1snc(C)c1C(=O)O. The fourth-order valence-electron chi connectivity index (χ4n) is 1.63. The van der Waals surface area contributed by atoms with E-state index in [2.05, 4.69) is 23.5 Å². The molecule has 90 valence electrons. The topological polar surface area (TPSA) is 62.2 Å². The number of hydrogen-bond donors (Lipinski definition) is 2. The minimum Gasteiger partial charge on any atom is -0.478 e. The van der Waals surface area contributed by atoms with Crippen LogP contribution in [0.4, 0.5) is 5.00 Å². The lowest BCUT2D eigenvalue weighted by molar-refractivity contribution is 0.0697. The molecule has 0 fully saturated rings. The van der Waals surface area contributed by atoms with Crippen LogP contribution in [0.1, 0.15) is 49.2 Å². The summed E-state index contributed by atoms with van der Waals surface area (Å²) < 4.78 is 4.08. The summed E-state index contributed by atoms with van der Waals surface area (Å²) in [6.45, 7) is 5.95. The molecule has 0 radical (unpaired) electrons. The van der Waals surface area contributed by atoms with Gasteiger partial charge in [0.15, 0.2) is 0 Å². The highest BCUT2D eigenvalue weighted by atomic mass is 32.1. The zero-order valence-corrected chi connectivity index (χ0v) is 10.7. The van der Waals surface area contributed by atoms with E-state index < -0.39 is 5.97 Å². The molecule has 2 N–H and O–H groups in total. The summed E-state index contributed by atoms with van der Waals surface area (Å²) in [5, 5.41) is 13.0. The summed E-state index contributed by atoms with van der Waals surface area (Å²) in [6.07, 6.45) is 3.13. The zero-order valence-electron chi connectivity index (χ0n) is 9.91. The number of aromatic nitrogens is 1. The first-order chi connectivity index (χ1) is 7.60. The van der Waals surface area contributed by atoms with Gasteiger partial charge in [0.2, 0.25) is 0 Å². The molecule has 1 unspecified atom stereocenters. The molecule has 0 saturated heterocycles. The predicted octanol–water partition coefficient (Wildman–Crippen LogP) is 3.14. The van der Waals surface area contributed by atoms with Crippen LogP contribution in [0.25, 0.3) is 0 Å². The Kier molecular flexibility index (Phi) is 4.73. The van der Waals surface area contributed by atoms with Crippen LogP contribution in [0, 0.1) is 6.92 Å². The first-order valence-electron chi connectivity index (χ1n) is 5.56. The second-order valence-electron chi connectivity index (χ2n) is 3.82. The van der Waals surface area contributed by atoms with Gasteiger partial charge in [-0.3, -0.25) is 0 Å². The van der Waals surface area contributed by atoms with Gasteiger partial charge in [0, 0.05) is 6.04 Å². The third-order valence-electron chi connectivity index (χ3n) is 2.54. The number of aryl methyl sites for hydroxylation is 1. The molecule has 4 nitrogen and oxygen atoms in total. The highest BCUT2D eigenvalue weighted by Crippen LogP contribution is 2.26. The summed E-state index contributed by atoms with van der Waals surface area (Å²) >= 11 is 1.23. The van der Waals surface area contributed by atoms with E-state index in [4.69, 9.17) is 5.11 Å². The van der Waals surface area contributed by atoms with Gasteiger partial charge in [-0.25, -0.2) is 4.79 Å². The normalized spacial score (nSPS) is 12.4. The van der Waals surface area contributed by atoms with Crippen molar-refractivity contribution in [2.75, 3.05) is 5.32 Å². The zero-order chi connectivity index (χ0) is 12.1. The average molecular weight is 242 g/mol. The third kappa shape index (κ3) is 2.95. The summed E-state index contributed by atoms with van der Waals surface area (Å²) in [7, 11) is 0. The van der Waals surface area contributed by atoms with Crippen LogP contribution in [0.2, 0.25) is 0 Å². The molecule has 0 aliphatic rings. The van der Waals surface area contributed by atoms with Crippen LogP contribution in [0.3, 0.4) is 0 Å². The van der Waals surface area contributed by atoms with Crippen LogP contribution in [0.5, 0.6) is 0 Å². The molecule has 0 aliphatic carbocycles. The van der Waals surface area contributed by atoms with E-state index in [9.17, 15) is 4.79 Å². The first kappa shape index (κ1) is 13.0. The minimum absolute atomic E-state index is 0.319. The van der Waals surface area contributed by atoms with E-state index in [0.717, 1.165) is 19.3 Å². The molecular weight excluding hydrogens is 224 g/mol. The molecule has 1 aromatic heterocycles. The molecule has 0 saturated carbocycles. The van der Waals surface area contributed by atoms with Crippen molar-refractivity contribution in [3.8, 4) is 0 Å². The maximum absolute atomic E-state index is 11.1. The molecule has 0 bridgehead atoms. The molecule has 1 rings (SSSR count). The number of carboxylic acids is 1. The fraction of sp³-hybridized carbons (Fsp3) is 0.636. The Morgan fingerprint density at radius 1 is 1.56 bits per heavy atom. The van der Waals surface area contributed by atoms with Crippen LogP contribution in [-0.2, 0) is 0 Å². The maximum Gasteiger partial charge on any atom is 0.340 e. The standard InChI is InChI=1S/C11H18N2O2S/c1-4-6-8(5-2)12-10-9(11(14)15)7(3)13-16-10/h8,12H,4-6H2,1-3H3,(H,14,15). The summed E-state index contributed by atoms with van der Waals surface area (Å²) in [4.78, 5) is 11.1. The Morgan fingerprint density at radius 2 is 2.25 bits per heavy atom. The molecule has 0 amide bonds. The van der Waals surface area contributed by atoms with Crippen molar-refractivity contribution < 1.29 is 9.90 Å². The largest absolute Gasteiger partial charge is 0.478 e. The molecule has 1 aromatic rings. The second-order valence-corrected chi connectivity index (χ2v) is 4.59. The summed E-state index contributed by atoms with van der Waals surface area (Å²) in [6, 6.07) is 0.336. The Hall–Kier alpha value is -1.10. The van der Waals surface area contributed by atoms with Crippen molar-refractivity contribution >= 4 is 22.5 Å². The lowest BCUT2D eigenvalue weighted by Crippen LogP contribution is -2.18. The van der Waals surface area contributed by atoms with Gasteiger partial charge in [-0.15, -0.1) is 0 Å².